The number of rotatable bonds is 1. The first kappa shape index (κ1) is 13.5. The lowest BCUT2D eigenvalue weighted by atomic mass is 10.00. The Labute approximate surface area is 133 Å². The Morgan fingerprint density at radius 2 is 1.65 bits per heavy atom. The first-order chi connectivity index (χ1) is 11.2. The summed E-state index contributed by atoms with van der Waals surface area (Å²) < 4.78 is 0. The monoisotopic (exact) mass is 298 g/mol. The van der Waals surface area contributed by atoms with Gasteiger partial charge in [0, 0.05) is 41.3 Å². The summed E-state index contributed by atoms with van der Waals surface area (Å²) in [5, 5.41) is 22.1. The van der Waals surface area contributed by atoms with Gasteiger partial charge < -0.3 is 4.90 Å². The van der Waals surface area contributed by atoms with Gasteiger partial charge in [0.25, 0.3) is 0 Å². The van der Waals surface area contributed by atoms with Gasteiger partial charge in [0.05, 0.1) is 17.1 Å². The third-order valence-corrected chi connectivity index (χ3v) is 4.20. The van der Waals surface area contributed by atoms with E-state index in [-0.39, 0.29) is 0 Å². The summed E-state index contributed by atoms with van der Waals surface area (Å²) in [7, 11) is 4.04. The van der Waals surface area contributed by atoms with Crippen molar-refractivity contribution in [2.75, 3.05) is 19.0 Å². The molecule has 110 valence electrons. The number of hydrogen-bond donors (Lipinski definition) is 0. The molecule has 0 saturated heterocycles. The normalized spacial score (nSPS) is 11.0. The SMILES string of the molecule is CN(C)c1ccc2nnc3c4cccc(C#N)c4ccc3c2c1. The second kappa shape index (κ2) is 4.92. The van der Waals surface area contributed by atoms with Crippen molar-refractivity contribution in [3.05, 3.63) is 54.1 Å². The van der Waals surface area contributed by atoms with Crippen LogP contribution in [0, 0.1) is 11.3 Å². The molecule has 4 heteroatoms. The lowest BCUT2D eigenvalue weighted by molar-refractivity contribution is 1.12. The van der Waals surface area contributed by atoms with E-state index in [1.165, 1.54) is 0 Å². The minimum absolute atomic E-state index is 0.660. The highest BCUT2D eigenvalue weighted by Gasteiger charge is 2.10. The van der Waals surface area contributed by atoms with Crippen LogP contribution < -0.4 is 4.90 Å². The maximum atomic E-state index is 9.29. The molecule has 0 fully saturated rings. The molecule has 4 aromatic rings. The number of benzene rings is 3. The van der Waals surface area contributed by atoms with Gasteiger partial charge in [-0.05, 0) is 24.3 Å². The van der Waals surface area contributed by atoms with E-state index in [1.54, 1.807) is 0 Å². The summed E-state index contributed by atoms with van der Waals surface area (Å²) in [6, 6.07) is 18.2. The van der Waals surface area contributed by atoms with Crippen molar-refractivity contribution in [2.45, 2.75) is 0 Å². The first-order valence-corrected chi connectivity index (χ1v) is 7.38. The fourth-order valence-electron chi connectivity index (χ4n) is 2.97. The van der Waals surface area contributed by atoms with Gasteiger partial charge >= 0.3 is 0 Å². The van der Waals surface area contributed by atoms with E-state index in [1.807, 2.05) is 56.6 Å². The molecular weight excluding hydrogens is 284 g/mol. The van der Waals surface area contributed by atoms with Gasteiger partial charge in [0.2, 0.25) is 0 Å². The van der Waals surface area contributed by atoms with Gasteiger partial charge in [-0.2, -0.15) is 5.26 Å². The fourth-order valence-corrected chi connectivity index (χ4v) is 2.97. The topological polar surface area (TPSA) is 52.8 Å². The van der Waals surface area contributed by atoms with E-state index in [4.69, 9.17) is 0 Å². The first-order valence-electron chi connectivity index (χ1n) is 7.38. The molecule has 0 radical (unpaired) electrons. The third-order valence-electron chi connectivity index (χ3n) is 4.20. The average molecular weight is 298 g/mol. The number of nitrogens with zero attached hydrogens (tertiary/aromatic N) is 4. The smallest absolute Gasteiger partial charge is 0.101 e. The number of fused-ring (bicyclic) bond motifs is 5. The molecule has 0 bridgehead atoms. The number of anilines is 1. The summed E-state index contributed by atoms with van der Waals surface area (Å²) in [5.74, 6) is 0. The Balaban J connectivity index is 2.17. The Kier molecular flexibility index (Phi) is 2.88. The van der Waals surface area contributed by atoms with Crippen molar-refractivity contribution in [3.8, 4) is 6.07 Å². The van der Waals surface area contributed by atoms with E-state index < -0.39 is 0 Å². The van der Waals surface area contributed by atoms with E-state index in [2.05, 4.69) is 27.2 Å². The highest BCUT2D eigenvalue weighted by molar-refractivity contribution is 6.15. The third kappa shape index (κ3) is 1.98. The molecule has 0 unspecified atom stereocenters. The summed E-state index contributed by atoms with van der Waals surface area (Å²) in [4.78, 5) is 2.07. The Hall–Kier alpha value is -3.19. The minimum Gasteiger partial charge on any atom is -0.378 e. The minimum atomic E-state index is 0.660. The summed E-state index contributed by atoms with van der Waals surface area (Å²) in [6.45, 7) is 0. The van der Waals surface area contributed by atoms with Crippen LogP contribution in [0.5, 0.6) is 0 Å². The van der Waals surface area contributed by atoms with Crippen molar-refractivity contribution < 1.29 is 0 Å². The van der Waals surface area contributed by atoms with Crippen LogP contribution in [0.2, 0.25) is 0 Å². The molecule has 1 aromatic heterocycles. The average Bonchev–Trinajstić information content (AvgIpc) is 2.59. The quantitative estimate of drug-likeness (QED) is 0.500. The Morgan fingerprint density at radius 1 is 0.870 bits per heavy atom. The second-order valence-electron chi connectivity index (χ2n) is 5.77. The molecular formula is C19H14N4. The molecule has 1 heterocycles. The molecule has 0 atom stereocenters. The van der Waals surface area contributed by atoms with Crippen LogP contribution in [-0.4, -0.2) is 24.3 Å². The predicted octanol–water partition coefficient (Wildman–Crippen LogP) is 3.87. The Bertz CT molecular complexity index is 1110. The molecule has 0 aliphatic heterocycles. The highest BCUT2D eigenvalue weighted by atomic mass is 15.1. The zero-order chi connectivity index (χ0) is 16.0. The van der Waals surface area contributed by atoms with Crippen LogP contribution in [0.15, 0.2) is 48.5 Å². The number of hydrogen-bond acceptors (Lipinski definition) is 4. The van der Waals surface area contributed by atoms with Gasteiger partial charge in [0.1, 0.15) is 5.52 Å². The molecule has 0 saturated carbocycles. The standard InChI is InChI=1S/C19H14N4/c1-23(2)13-6-9-18-17(10-13)16-8-7-14-12(11-20)4-3-5-15(14)19(16)22-21-18/h3-10H,1-2H3. The zero-order valence-corrected chi connectivity index (χ0v) is 12.9. The highest BCUT2D eigenvalue weighted by Crippen LogP contribution is 2.31. The van der Waals surface area contributed by atoms with E-state index in [0.29, 0.717) is 5.56 Å². The molecule has 23 heavy (non-hydrogen) atoms. The van der Waals surface area contributed by atoms with Gasteiger partial charge in [-0.25, -0.2) is 0 Å². The maximum Gasteiger partial charge on any atom is 0.101 e. The van der Waals surface area contributed by atoms with E-state index in [9.17, 15) is 5.26 Å². The lowest BCUT2D eigenvalue weighted by Crippen LogP contribution is -2.08. The molecule has 0 aliphatic rings. The van der Waals surface area contributed by atoms with Crippen LogP contribution in [0.4, 0.5) is 5.69 Å². The van der Waals surface area contributed by atoms with Crippen LogP contribution in [0.1, 0.15) is 5.56 Å². The van der Waals surface area contributed by atoms with Gasteiger partial charge in [-0.3, -0.25) is 0 Å². The molecule has 3 aromatic carbocycles. The second-order valence-corrected chi connectivity index (χ2v) is 5.77. The Morgan fingerprint density at radius 3 is 2.43 bits per heavy atom. The number of nitriles is 1. The largest absolute Gasteiger partial charge is 0.378 e. The lowest BCUT2D eigenvalue weighted by Gasteiger charge is -2.13. The maximum absolute atomic E-state index is 9.29. The van der Waals surface area contributed by atoms with Crippen LogP contribution in [0.25, 0.3) is 32.6 Å². The molecule has 4 nitrogen and oxygen atoms in total. The number of aromatic nitrogens is 2. The van der Waals surface area contributed by atoms with Crippen LogP contribution >= 0.6 is 0 Å². The predicted molar refractivity (Wildman–Crippen MR) is 93.6 cm³/mol. The molecule has 4 rings (SSSR count). The van der Waals surface area contributed by atoms with Gasteiger partial charge in [-0.1, -0.05) is 24.3 Å². The summed E-state index contributed by atoms with van der Waals surface area (Å²) in [6.07, 6.45) is 0. The summed E-state index contributed by atoms with van der Waals surface area (Å²) in [5.41, 5.74) is 3.49. The molecule has 0 spiro atoms. The van der Waals surface area contributed by atoms with Crippen LogP contribution in [-0.2, 0) is 0 Å². The van der Waals surface area contributed by atoms with Gasteiger partial charge in [-0.15, -0.1) is 10.2 Å². The zero-order valence-electron chi connectivity index (χ0n) is 12.9. The van der Waals surface area contributed by atoms with Crippen molar-refractivity contribution in [2.24, 2.45) is 0 Å². The van der Waals surface area contributed by atoms with Crippen molar-refractivity contribution >= 4 is 38.3 Å². The molecule has 0 aliphatic carbocycles. The molecule has 0 amide bonds. The van der Waals surface area contributed by atoms with Crippen molar-refractivity contribution in [1.29, 1.82) is 5.26 Å². The molecule has 0 N–H and O–H groups in total. The van der Waals surface area contributed by atoms with Gasteiger partial charge in [0.15, 0.2) is 0 Å². The summed E-state index contributed by atoms with van der Waals surface area (Å²) >= 11 is 0. The van der Waals surface area contributed by atoms with E-state index in [0.717, 1.165) is 38.3 Å². The van der Waals surface area contributed by atoms with E-state index >= 15 is 0 Å². The van der Waals surface area contributed by atoms with Crippen LogP contribution in [0.3, 0.4) is 0 Å². The van der Waals surface area contributed by atoms with Crippen molar-refractivity contribution in [3.63, 3.8) is 0 Å². The van der Waals surface area contributed by atoms with Crippen molar-refractivity contribution in [1.82, 2.24) is 10.2 Å². The fraction of sp³-hybridized carbons (Fsp3) is 0.105.